The van der Waals surface area contributed by atoms with Crippen molar-refractivity contribution in [2.24, 2.45) is 0 Å². The van der Waals surface area contributed by atoms with E-state index in [2.05, 4.69) is 72.8 Å². The second-order valence-corrected chi connectivity index (χ2v) is 14.3. The highest BCUT2D eigenvalue weighted by Gasteiger charge is 2.11. The van der Waals surface area contributed by atoms with Gasteiger partial charge in [-0.05, 0) is 134 Å². The zero-order valence-electron chi connectivity index (χ0n) is 37.6. The highest BCUT2D eigenvalue weighted by Crippen LogP contribution is 2.32. The van der Waals surface area contributed by atoms with Crippen LogP contribution in [-0.2, 0) is 9.53 Å². The van der Waals surface area contributed by atoms with E-state index in [0.717, 1.165) is 61.4 Å². The molecule has 6 aromatic rings. The molecule has 61 heavy (non-hydrogen) atoms. The van der Waals surface area contributed by atoms with Crippen LogP contribution >= 0.6 is 0 Å². The number of ether oxygens (including phenoxy) is 5. The minimum Gasteiger partial charge on any atom is -0.494 e. The van der Waals surface area contributed by atoms with E-state index in [9.17, 15) is 4.79 Å². The molecule has 0 unspecified atom stereocenters. The van der Waals surface area contributed by atoms with E-state index in [4.69, 9.17) is 23.7 Å². The topological polar surface area (TPSA) is 108 Å². The summed E-state index contributed by atoms with van der Waals surface area (Å²) in [4.78, 5) is 23.3. The van der Waals surface area contributed by atoms with E-state index >= 15 is 0 Å². The van der Waals surface area contributed by atoms with Crippen molar-refractivity contribution >= 4 is 5.97 Å². The zero-order chi connectivity index (χ0) is 44.1. The number of imidazole rings is 1. The fourth-order valence-corrected chi connectivity index (χ4v) is 4.90. The molecular weight excluding hydrogens is 765 g/mol. The van der Waals surface area contributed by atoms with E-state index in [0.29, 0.717) is 12.5 Å². The number of rotatable bonds is 3. The average molecular weight is 835 g/mol. The maximum atomic E-state index is 10.5. The Labute approximate surface area is 366 Å². The molecule has 4 aromatic carbocycles. The molecule has 2 aliphatic heterocycles. The van der Waals surface area contributed by atoms with Gasteiger partial charge in [-0.3, -0.25) is 9.78 Å². The molecule has 0 saturated carbocycles. The number of hydrogen-bond acceptors (Lipinski definition) is 9. The van der Waals surface area contributed by atoms with E-state index in [1.165, 1.54) is 40.3 Å². The van der Waals surface area contributed by atoms with Crippen LogP contribution in [0, 0.1) is 55.4 Å². The van der Waals surface area contributed by atoms with E-state index in [1.54, 1.807) is 30.9 Å². The fourth-order valence-electron chi connectivity index (χ4n) is 4.90. The third kappa shape index (κ3) is 25.3. The lowest BCUT2D eigenvalue weighted by Crippen LogP contribution is -2.32. The van der Waals surface area contributed by atoms with Crippen LogP contribution in [0.1, 0.15) is 65.9 Å². The van der Waals surface area contributed by atoms with Gasteiger partial charge in [0.1, 0.15) is 11.5 Å². The number of likely N-dealkylation sites (N-methyl/N-ethyl adjacent to an activating group) is 1. The van der Waals surface area contributed by atoms with E-state index < -0.39 is 0 Å². The highest BCUT2D eigenvalue weighted by atomic mass is 16.7. The number of nitrogens with zero attached hydrogens (tertiary/aromatic N) is 3. The summed E-state index contributed by atoms with van der Waals surface area (Å²) in [6, 6.07) is 31.8. The molecule has 0 spiro atoms. The molecular formula is C51H70N4O6. The molecule has 0 atom stereocenters. The first-order valence-electron chi connectivity index (χ1n) is 20.2. The van der Waals surface area contributed by atoms with Crippen molar-refractivity contribution in [3.05, 3.63) is 167 Å². The number of benzene rings is 4. The number of aryl methyl sites for hydroxylation is 8. The van der Waals surface area contributed by atoms with Crippen molar-refractivity contribution in [2.75, 3.05) is 46.8 Å². The van der Waals surface area contributed by atoms with Crippen molar-refractivity contribution in [3.63, 3.8) is 0 Å². The van der Waals surface area contributed by atoms with Crippen molar-refractivity contribution in [1.29, 1.82) is 0 Å². The van der Waals surface area contributed by atoms with Crippen LogP contribution in [0.25, 0.3) is 0 Å². The number of nitrogens with one attached hydrogen (secondary N) is 1. The first kappa shape index (κ1) is 53.0. The van der Waals surface area contributed by atoms with Crippen LogP contribution in [-0.4, -0.2) is 72.6 Å². The SMILES string of the molecule is C.CC(=O)Oc1ccc(C)cc1.CCOc1ccc(C)cc1.CN1CCOCC1.Cc1ccc(C)c(C)c1.Cc1ccc2c(c1)OCO2.Cc1cccnc1.Cc1cnc[nH]1. The molecule has 0 aliphatic carbocycles. The summed E-state index contributed by atoms with van der Waals surface area (Å²) >= 11 is 0. The summed E-state index contributed by atoms with van der Waals surface area (Å²) in [5.41, 5.74) is 10.0. The smallest absolute Gasteiger partial charge is 0.308 e. The lowest BCUT2D eigenvalue weighted by atomic mass is 10.1. The molecule has 2 aromatic heterocycles. The normalized spacial score (nSPS) is 11.7. The number of carbonyl (C=O) groups is 1. The van der Waals surface area contributed by atoms with Gasteiger partial charge >= 0.3 is 5.97 Å². The number of morpholine rings is 1. The quantitative estimate of drug-likeness (QED) is 0.138. The Morgan fingerprint density at radius 2 is 1.25 bits per heavy atom. The van der Waals surface area contributed by atoms with Gasteiger partial charge in [-0.25, -0.2) is 4.98 Å². The molecule has 1 N–H and O–H groups in total. The molecule has 2 aliphatic rings. The molecule has 1 fully saturated rings. The number of aromatic amines is 1. The van der Waals surface area contributed by atoms with Crippen molar-refractivity contribution in [3.8, 4) is 23.0 Å². The summed E-state index contributed by atoms with van der Waals surface area (Å²) < 4.78 is 25.5. The standard InChI is InChI=1S/C9H10O2.C9H12O.C9H12.C8H8O2.C6H7N.C5H11NO.C4H6N2.CH4/c1-7-3-5-9(6-4-7)11-8(2)10;1-3-10-9-6-4-8(2)5-7-9;1-7-4-5-8(2)9(3)6-7;1-6-2-3-7-8(4-6)10-5-9-7;1-6-3-2-4-7-5-6;1-6-2-4-7-5-3-6;1-4-2-5-3-6-4;/h3-6H,1-2H3;4-7H,3H2,1-2H3;4-6H,1-3H3;2-4H,5H2,1H3;2-5H,1H3;2-5H2,1H3;2-3H,1H3,(H,5,6);1H4. The number of aromatic nitrogens is 3. The van der Waals surface area contributed by atoms with E-state index in [-0.39, 0.29) is 13.4 Å². The molecule has 10 heteroatoms. The molecule has 0 bridgehead atoms. The summed E-state index contributed by atoms with van der Waals surface area (Å²) in [5, 5.41) is 0. The zero-order valence-corrected chi connectivity index (χ0v) is 37.6. The molecule has 1 saturated heterocycles. The molecule has 4 heterocycles. The van der Waals surface area contributed by atoms with Gasteiger partial charge in [0.25, 0.3) is 0 Å². The third-order valence-electron chi connectivity index (χ3n) is 8.48. The number of fused-ring (bicyclic) bond motifs is 1. The van der Waals surface area contributed by atoms with Gasteiger partial charge in [-0.1, -0.05) is 78.7 Å². The maximum Gasteiger partial charge on any atom is 0.308 e. The Morgan fingerprint density at radius 1 is 0.672 bits per heavy atom. The fraction of sp³-hybridized carbons (Fsp3) is 0.353. The first-order chi connectivity index (χ1) is 28.7. The maximum absolute atomic E-state index is 10.5. The summed E-state index contributed by atoms with van der Waals surface area (Å²) in [7, 11) is 2.11. The van der Waals surface area contributed by atoms with Gasteiger partial charge in [-0.2, -0.15) is 0 Å². The number of pyridine rings is 1. The Morgan fingerprint density at radius 3 is 1.67 bits per heavy atom. The van der Waals surface area contributed by atoms with Crippen LogP contribution in [0.3, 0.4) is 0 Å². The highest BCUT2D eigenvalue weighted by molar-refractivity contribution is 5.69. The predicted octanol–water partition coefficient (Wildman–Crippen LogP) is 11.3. The predicted molar refractivity (Wildman–Crippen MR) is 250 cm³/mol. The van der Waals surface area contributed by atoms with Crippen LogP contribution < -0.4 is 18.9 Å². The summed E-state index contributed by atoms with van der Waals surface area (Å²) in [6.45, 7) is 25.0. The second kappa shape index (κ2) is 31.0. The molecule has 330 valence electrons. The summed E-state index contributed by atoms with van der Waals surface area (Å²) in [6.07, 6.45) is 7.04. The third-order valence-corrected chi connectivity index (χ3v) is 8.48. The van der Waals surface area contributed by atoms with Gasteiger partial charge in [0, 0.05) is 44.3 Å². The Hall–Kier alpha value is -5.97. The Balaban J connectivity index is 0.000000358. The first-order valence-corrected chi connectivity index (χ1v) is 20.2. The molecule has 0 amide bonds. The molecule has 10 nitrogen and oxygen atoms in total. The average Bonchev–Trinajstić information content (AvgIpc) is 3.91. The van der Waals surface area contributed by atoms with Crippen LogP contribution in [0.4, 0.5) is 0 Å². The van der Waals surface area contributed by atoms with Gasteiger partial charge in [0.05, 0.1) is 26.1 Å². The number of carbonyl (C=O) groups excluding carboxylic acids is 1. The number of esters is 1. The van der Waals surface area contributed by atoms with E-state index in [1.807, 2.05) is 108 Å². The summed E-state index contributed by atoms with van der Waals surface area (Å²) in [5.74, 6) is 2.98. The minimum atomic E-state index is -0.283. The largest absolute Gasteiger partial charge is 0.494 e. The van der Waals surface area contributed by atoms with Crippen LogP contribution in [0.5, 0.6) is 23.0 Å². The van der Waals surface area contributed by atoms with Gasteiger partial charge in [0.2, 0.25) is 6.79 Å². The van der Waals surface area contributed by atoms with Gasteiger partial charge < -0.3 is 33.6 Å². The minimum absolute atomic E-state index is 0. The van der Waals surface area contributed by atoms with Crippen LogP contribution in [0.2, 0.25) is 0 Å². The van der Waals surface area contributed by atoms with Crippen molar-refractivity contribution in [2.45, 2.75) is 76.7 Å². The van der Waals surface area contributed by atoms with Crippen molar-refractivity contribution in [1.82, 2.24) is 19.9 Å². The van der Waals surface area contributed by atoms with Gasteiger partial charge in [-0.15, -0.1) is 0 Å². The lowest BCUT2D eigenvalue weighted by molar-refractivity contribution is -0.131. The molecule has 8 rings (SSSR count). The lowest BCUT2D eigenvalue weighted by Gasteiger charge is -2.21. The second-order valence-electron chi connectivity index (χ2n) is 14.3. The molecule has 0 radical (unpaired) electrons. The van der Waals surface area contributed by atoms with Gasteiger partial charge in [0.15, 0.2) is 11.5 Å². The van der Waals surface area contributed by atoms with Crippen molar-refractivity contribution < 1.29 is 28.5 Å². The monoisotopic (exact) mass is 835 g/mol. The number of hydrogen-bond donors (Lipinski definition) is 1. The number of H-pyrrole nitrogens is 1. The Kier molecular flexibility index (Phi) is 26.9. The van der Waals surface area contributed by atoms with Crippen LogP contribution in [0.15, 0.2) is 122 Å². The Bertz CT molecular complexity index is 2010.